The molecule has 0 unspecified atom stereocenters. The van der Waals surface area contributed by atoms with Crippen LogP contribution < -0.4 is 20.7 Å². The van der Waals surface area contributed by atoms with Crippen molar-refractivity contribution in [3.63, 3.8) is 0 Å². The fraction of sp³-hybridized carbons (Fsp3) is 0.571. The summed E-state index contributed by atoms with van der Waals surface area (Å²) in [7, 11) is 3.36. The number of rotatable bonds is 5. The van der Waals surface area contributed by atoms with E-state index in [4.69, 9.17) is 9.47 Å². The van der Waals surface area contributed by atoms with E-state index in [2.05, 4.69) is 16.0 Å². The number of hydrogen-bond acceptors (Lipinski definition) is 5. The van der Waals surface area contributed by atoms with Gasteiger partial charge in [0.05, 0.1) is 24.1 Å². The Bertz CT molecular complexity index is 800. The Morgan fingerprint density at radius 2 is 2.07 bits per heavy atom. The van der Waals surface area contributed by atoms with Crippen molar-refractivity contribution < 1.29 is 23.9 Å². The number of hydrogen-bond donors (Lipinski definition) is 3. The van der Waals surface area contributed by atoms with Gasteiger partial charge in [-0.15, -0.1) is 0 Å². The second kappa shape index (κ2) is 9.80. The maximum atomic E-state index is 13.2. The third kappa shape index (κ3) is 5.02. The van der Waals surface area contributed by atoms with Gasteiger partial charge in [0, 0.05) is 26.3 Å². The van der Waals surface area contributed by atoms with Gasteiger partial charge in [-0.05, 0) is 37.5 Å². The SMILES string of the molecule is CCCNC(=O)Nc1ccc2c(c1)C(=O)N(C)[C@H]1CC[C@@H](CC(=O)NC)O[C@@H]1CO2. The second-order valence-corrected chi connectivity index (χ2v) is 7.64. The number of carbonyl (C=O) groups is 3. The predicted molar refractivity (Wildman–Crippen MR) is 112 cm³/mol. The van der Waals surface area contributed by atoms with Gasteiger partial charge in [-0.25, -0.2) is 4.79 Å². The highest BCUT2D eigenvalue weighted by Crippen LogP contribution is 2.32. The molecule has 0 bridgehead atoms. The molecule has 164 valence electrons. The molecule has 3 N–H and O–H groups in total. The molecule has 0 radical (unpaired) electrons. The Morgan fingerprint density at radius 1 is 1.27 bits per heavy atom. The molecular weight excluding hydrogens is 388 g/mol. The van der Waals surface area contributed by atoms with Crippen LogP contribution in [0, 0.1) is 0 Å². The Kier molecular flexibility index (Phi) is 7.15. The van der Waals surface area contributed by atoms with Crippen molar-refractivity contribution in [1.29, 1.82) is 0 Å². The molecule has 3 atom stereocenters. The van der Waals surface area contributed by atoms with Gasteiger partial charge in [0.25, 0.3) is 5.91 Å². The fourth-order valence-corrected chi connectivity index (χ4v) is 3.83. The molecule has 2 aliphatic rings. The minimum atomic E-state index is -0.313. The number of carbonyl (C=O) groups excluding carboxylic acids is 3. The van der Waals surface area contributed by atoms with Gasteiger partial charge < -0.3 is 30.3 Å². The van der Waals surface area contributed by atoms with E-state index in [1.165, 1.54) is 0 Å². The Hall–Kier alpha value is -2.81. The van der Waals surface area contributed by atoms with Crippen LogP contribution in [0.3, 0.4) is 0 Å². The highest BCUT2D eigenvalue weighted by Gasteiger charge is 2.39. The van der Waals surface area contributed by atoms with Crippen molar-refractivity contribution in [2.24, 2.45) is 0 Å². The normalized spacial score (nSPS) is 23.2. The summed E-state index contributed by atoms with van der Waals surface area (Å²) >= 11 is 0. The summed E-state index contributed by atoms with van der Waals surface area (Å²) in [5.41, 5.74) is 0.923. The van der Waals surface area contributed by atoms with Crippen LogP contribution in [0.25, 0.3) is 0 Å². The molecule has 1 fully saturated rings. The number of nitrogens with zero attached hydrogens (tertiary/aromatic N) is 1. The van der Waals surface area contributed by atoms with Crippen LogP contribution in [0.5, 0.6) is 5.75 Å². The van der Waals surface area contributed by atoms with Crippen LogP contribution in [0.4, 0.5) is 10.5 Å². The molecule has 0 spiro atoms. The van der Waals surface area contributed by atoms with Crippen LogP contribution in [-0.4, -0.2) is 68.2 Å². The minimum Gasteiger partial charge on any atom is -0.490 e. The third-order valence-corrected chi connectivity index (χ3v) is 5.50. The number of likely N-dealkylation sites (N-methyl/N-ethyl adjacent to an activating group) is 1. The number of nitrogens with one attached hydrogen (secondary N) is 3. The molecule has 2 heterocycles. The minimum absolute atomic E-state index is 0.0667. The first kappa shape index (κ1) is 21.9. The summed E-state index contributed by atoms with van der Waals surface area (Å²) in [6.45, 7) is 2.83. The predicted octanol–water partition coefficient (Wildman–Crippen LogP) is 1.73. The van der Waals surface area contributed by atoms with Crippen molar-refractivity contribution in [3.05, 3.63) is 23.8 Å². The van der Waals surface area contributed by atoms with Gasteiger partial charge >= 0.3 is 6.03 Å². The zero-order chi connectivity index (χ0) is 21.7. The lowest BCUT2D eigenvalue weighted by molar-refractivity contribution is -0.133. The lowest BCUT2D eigenvalue weighted by Crippen LogP contribution is -2.53. The van der Waals surface area contributed by atoms with Crippen molar-refractivity contribution in [2.75, 3.05) is 32.6 Å². The molecule has 9 heteroatoms. The quantitative estimate of drug-likeness (QED) is 0.675. The van der Waals surface area contributed by atoms with E-state index in [1.54, 1.807) is 37.2 Å². The maximum absolute atomic E-state index is 13.2. The molecule has 30 heavy (non-hydrogen) atoms. The fourth-order valence-electron chi connectivity index (χ4n) is 3.83. The first-order valence-corrected chi connectivity index (χ1v) is 10.4. The summed E-state index contributed by atoms with van der Waals surface area (Å²) in [5, 5.41) is 8.10. The largest absolute Gasteiger partial charge is 0.490 e. The molecule has 1 aromatic carbocycles. The molecule has 1 saturated heterocycles. The smallest absolute Gasteiger partial charge is 0.319 e. The van der Waals surface area contributed by atoms with Gasteiger partial charge in [-0.3, -0.25) is 9.59 Å². The van der Waals surface area contributed by atoms with Gasteiger partial charge in [-0.1, -0.05) is 6.92 Å². The zero-order valence-electron chi connectivity index (χ0n) is 17.7. The summed E-state index contributed by atoms with van der Waals surface area (Å²) in [4.78, 5) is 38.5. The monoisotopic (exact) mass is 418 g/mol. The third-order valence-electron chi connectivity index (χ3n) is 5.50. The van der Waals surface area contributed by atoms with Gasteiger partial charge in [0.15, 0.2) is 0 Å². The van der Waals surface area contributed by atoms with Crippen LogP contribution in [0.1, 0.15) is 43.0 Å². The number of anilines is 1. The molecule has 0 aliphatic carbocycles. The van der Waals surface area contributed by atoms with Crippen molar-refractivity contribution in [1.82, 2.24) is 15.5 Å². The summed E-state index contributed by atoms with van der Waals surface area (Å²) in [6, 6.07) is 4.57. The van der Waals surface area contributed by atoms with E-state index in [-0.39, 0.29) is 42.7 Å². The van der Waals surface area contributed by atoms with Crippen LogP contribution in [0.2, 0.25) is 0 Å². The van der Waals surface area contributed by atoms with Crippen LogP contribution in [0.15, 0.2) is 18.2 Å². The summed E-state index contributed by atoms with van der Waals surface area (Å²) in [6.07, 6.45) is 2.05. The molecule has 9 nitrogen and oxygen atoms in total. The Morgan fingerprint density at radius 3 is 2.80 bits per heavy atom. The maximum Gasteiger partial charge on any atom is 0.319 e. The number of benzene rings is 1. The van der Waals surface area contributed by atoms with Crippen LogP contribution >= 0.6 is 0 Å². The van der Waals surface area contributed by atoms with E-state index in [0.29, 0.717) is 36.4 Å². The van der Waals surface area contributed by atoms with E-state index in [0.717, 1.165) is 12.8 Å². The highest BCUT2D eigenvalue weighted by atomic mass is 16.5. The molecule has 0 aromatic heterocycles. The van der Waals surface area contributed by atoms with Crippen molar-refractivity contribution >= 4 is 23.5 Å². The number of fused-ring (bicyclic) bond motifs is 2. The number of urea groups is 1. The molecule has 2 aliphatic heterocycles. The van der Waals surface area contributed by atoms with Crippen molar-refractivity contribution in [3.8, 4) is 5.75 Å². The topological polar surface area (TPSA) is 109 Å². The van der Waals surface area contributed by atoms with E-state index in [1.807, 2.05) is 6.92 Å². The number of ether oxygens (including phenoxy) is 2. The summed E-state index contributed by atoms with van der Waals surface area (Å²) in [5.74, 6) is 0.190. The molecule has 4 amide bonds. The lowest BCUT2D eigenvalue weighted by atomic mass is 9.94. The highest BCUT2D eigenvalue weighted by molar-refractivity contribution is 5.99. The van der Waals surface area contributed by atoms with Gasteiger partial charge in [0.2, 0.25) is 5.91 Å². The summed E-state index contributed by atoms with van der Waals surface area (Å²) < 4.78 is 12.0. The zero-order valence-corrected chi connectivity index (χ0v) is 17.7. The number of amides is 4. The first-order chi connectivity index (χ1) is 14.4. The van der Waals surface area contributed by atoms with E-state index in [9.17, 15) is 14.4 Å². The Balaban J connectivity index is 1.74. The van der Waals surface area contributed by atoms with Crippen LogP contribution in [-0.2, 0) is 9.53 Å². The van der Waals surface area contributed by atoms with Gasteiger partial charge in [-0.2, -0.15) is 0 Å². The molecular formula is C21H30N4O5. The Labute approximate surface area is 176 Å². The average molecular weight is 418 g/mol. The van der Waals surface area contributed by atoms with Gasteiger partial charge in [0.1, 0.15) is 18.5 Å². The molecule has 3 rings (SSSR count). The first-order valence-electron chi connectivity index (χ1n) is 10.4. The van der Waals surface area contributed by atoms with Crippen molar-refractivity contribution in [2.45, 2.75) is 50.9 Å². The second-order valence-electron chi connectivity index (χ2n) is 7.64. The van der Waals surface area contributed by atoms with E-state index < -0.39 is 0 Å². The van der Waals surface area contributed by atoms with E-state index >= 15 is 0 Å². The standard InChI is InChI=1S/C21H30N4O5/c1-4-9-23-21(28)24-13-5-8-17-15(10-13)20(27)25(3)16-7-6-14(11-19(26)22-2)30-18(16)12-29-17/h5,8,10,14,16,18H,4,6-7,9,11-12H2,1-3H3,(H,22,26)(H2,23,24,28)/t14-,16-,18+/m0/s1. The lowest BCUT2D eigenvalue weighted by Gasteiger charge is -2.42. The molecule has 1 aromatic rings. The average Bonchev–Trinajstić information content (AvgIpc) is 2.75. The molecule has 0 saturated carbocycles.